The van der Waals surface area contributed by atoms with E-state index in [2.05, 4.69) is 44.0 Å². The summed E-state index contributed by atoms with van der Waals surface area (Å²) >= 11 is 1.58. The topological polar surface area (TPSA) is 56.1 Å². The average molecular weight is 408 g/mol. The Balaban J connectivity index is 2.20. The fourth-order valence-corrected chi connectivity index (χ4v) is 3.83. The molecule has 0 aliphatic carbocycles. The first-order valence-electron chi connectivity index (χ1n) is 9.88. The maximum Gasteiger partial charge on any atom is 0.267 e. The summed E-state index contributed by atoms with van der Waals surface area (Å²) in [4.78, 5) is 16.9. The fraction of sp³-hybridized carbons (Fsp3) is 0.333. The van der Waals surface area contributed by atoms with Gasteiger partial charge in [-0.1, -0.05) is 69.8 Å². The standard InChI is InChI=1S/C24H29N3OS/c1-18(2)15-27(16-19(3)4)17-20(14-25)24(28)26-22-12-8-9-13-23(22)29-21-10-6-5-7-11-21/h5-13,17-19H,15-16H2,1-4H3,(H,26,28)/b20-17-. The molecule has 0 heterocycles. The van der Waals surface area contributed by atoms with Crippen LogP contribution in [0.15, 0.2) is 76.2 Å². The second-order valence-corrected chi connectivity index (χ2v) is 8.88. The lowest BCUT2D eigenvalue weighted by Gasteiger charge is -2.25. The van der Waals surface area contributed by atoms with Crippen molar-refractivity contribution in [2.24, 2.45) is 11.8 Å². The van der Waals surface area contributed by atoms with Crippen LogP contribution in [0.2, 0.25) is 0 Å². The zero-order valence-electron chi connectivity index (χ0n) is 17.6. The minimum absolute atomic E-state index is 0.116. The van der Waals surface area contributed by atoms with Crippen LogP contribution in [0.3, 0.4) is 0 Å². The molecule has 1 amide bonds. The lowest BCUT2D eigenvalue weighted by molar-refractivity contribution is -0.112. The van der Waals surface area contributed by atoms with Crippen molar-refractivity contribution in [2.45, 2.75) is 37.5 Å². The Labute approximate surface area is 178 Å². The summed E-state index contributed by atoms with van der Waals surface area (Å²) in [5.41, 5.74) is 0.817. The summed E-state index contributed by atoms with van der Waals surface area (Å²) in [5.74, 6) is 0.498. The Morgan fingerprint density at radius 3 is 2.21 bits per heavy atom. The molecule has 0 unspecified atom stereocenters. The first-order chi connectivity index (χ1) is 13.9. The molecule has 0 radical (unpaired) electrons. The lowest BCUT2D eigenvalue weighted by atomic mass is 10.1. The molecule has 2 aromatic carbocycles. The van der Waals surface area contributed by atoms with Crippen molar-refractivity contribution in [3.8, 4) is 6.07 Å². The number of anilines is 1. The molecule has 0 aliphatic rings. The fourth-order valence-electron chi connectivity index (χ4n) is 2.90. The Morgan fingerprint density at radius 1 is 1.03 bits per heavy atom. The highest BCUT2D eigenvalue weighted by molar-refractivity contribution is 7.99. The van der Waals surface area contributed by atoms with Gasteiger partial charge in [0.25, 0.3) is 5.91 Å². The van der Waals surface area contributed by atoms with E-state index in [1.165, 1.54) is 0 Å². The first kappa shape index (κ1) is 22.6. The number of carbonyl (C=O) groups is 1. The maximum absolute atomic E-state index is 12.8. The number of hydrogen-bond acceptors (Lipinski definition) is 4. The largest absolute Gasteiger partial charge is 0.376 e. The van der Waals surface area contributed by atoms with Crippen molar-refractivity contribution in [3.63, 3.8) is 0 Å². The van der Waals surface area contributed by atoms with Crippen LogP contribution in [-0.4, -0.2) is 23.9 Å². The van der Waals surface area contributed by atoms with E-state index in [1.807, 2.05) is 54.6 Å². The number of para-hydroxylation sites is 1. The molecule has 0 fully saturated rings. The van der Waals surface area contributed by atoms with Crippen molar-refractivity contribution in [1.29, 1.82) is 5.26 Å². The zero-order chi connectivity index (χ0) is 21.2. The molecule has 4 nitrogen and oxygen atoms in total. The third-order valence-electron chi connectivity index (χ3n) is 3.98. The normalized spacial score (nSPS) is 11.4. The summed E-state index contributed by atoms with van der Waals surface area (Å²) in [6.45, 7) is 10.1. The predicted molar refractivity (Wildman–Crippen MR) is 121 cm³/mol. The predicted octanol–water partition coefficient (Wildman–Crippen LogP) is 5.80. The summed E-state index contributed by atoms with van der Waals surface area (Å²) in [6.07, 6.45) is 1.70. The Hall–Kier alpha value is -2.71. The molecule has 1 N–H and O–H groups in total. The monoisotopic (exact) mass is 407 g/mol. The van der Waals surface area contributed by atoms with Crippen molar-refractivity contribution >= 4 is 23.4 Å². The highest BCUT2D eigenvalue weighted by atomic mass is 32.2. The van der Waals surface area contributed by atoms with Crippen LogP contribution in [0.25, 0.3) is 0 Å². The van der Waals surface area contributed by atoms with E-state index in [9.17, 15) is 10.1 Å². The molecule has 152 valence electrons. The van der Waals surface area contributed by atoms with Crippen molar-refractivity contribution in [3.05, 3.63) is 66.4 Å². The molecule has 0 atom stereocenters. The van der Waals surface area contributed by atoms with Gasteiger partial charge in [0.1, 0.15) is 11.6 Å². The maximum atomic E-state index is 12.8. The third kappa shape index (κ3) is 7.67. The number of nitrogens with zero attached hydrogens (tertiary/aromatic N) is 2. The molecule has 0 aliphatic heterocycles. The van der Waals surface area contributed by atoms with E-state index in [1.54, 1.807) is 18.0 Å². The lowest BCUT2D eigenvalue weighted by Crippen LogP contribution is -2.28. The number of nitriles is 1. The smallest absolute Gasteiger partial charge is 0.267 e. The quantitative estimate of drug-likeness (QED) is 0.422. The Bertz CT molecular complexity index is 859. The van der Waals surface area contributed by atoms with Crippen LogP contribution in [0.4, 0.5) is 5.69 Å². The molecule has 0 aromatic heterocycles. The van der Waals surface area contributed by atoms with Crippen LogP contribution >= 0.6 is 11.8 Å². The summed E-state index contributed by atoms with van der Waals surface area (Å²) < 4.78 is 0. The SMILES string of the molecule is CC(C)CN(/C=C(/C#N)C(=O)Nc1ccccc1Sc1ccccc1)CC(C)C. The van der Waals surface area contributed by atoms with Gasteiger partial charge in [0, 0.05) is 29.1 Å². The molecular formula is C24H29N3OS. The Kier molecular flexibility index (Phi) is 8.82. The van der Waals surface area contributed by atoms with Gasteiger partial charge in [-0.15, -0.1) is 0 Å². The van der Waals surface area contributed by atoms with Gasteiger partial charge in [-0.3, -0.25) is 4.79 Å². The van der Waals surface area contributed by atoms with E-state index in [-0.39, 0.29) is 11.5 Å². The van der Waals surface area contributed by atoms with E-state index in [0.717, 1.165) is 22.9 Å². The number of amides is 1. The molecule has 2 aromatic rings. The van der Waals surface area contributed by atoms with Gasteiger partial charge in [0.15, 0.2) is 0 Å². The highest BCUT2D eigenvalue weighted by Crippen LogP contribution is 2.33. The van der Waals surface area contributed by atoms with E-state index in [0.29, 0.717) is 17.5 Å². The summed E-state index contributed by atoms with van der Waals surface area (Å²) in [6, 6.07) is 19.7. The second kappa shape index (κ2) is 11.3. The summed E-state index contributed by atoms with van der Waals surface area (Å²) in [7, 11) is 0. The molecule has 0 spiro atoms. The number of carbonyl (C=O) groups excluding carboxylic acids is 1. The number of hydrogen-bond donors (Lipinski definition) is 1. The first-order valence-corrected chi connectivity index (χ1v) is 10.7. The zero-order valence-corrected chi connectivity index (χ0v) is 18.4. The molecule has 29 heavy (non-hydrogen) atoms. The van der Waals surface area contributed by atoms with Crippen LogP contribution in [0.1, 0.15) is 27.7 Å². The number of rotatable bonds is 9. The Morgan fingerprint density at radius 2 is 1.62 bits per heavy atom. The van der Waals surface area contributed by atoms with E-state index < -0.39 is 0 Å². The van der Waals surface area contributed by atoms with Gasteiger partial charge >= 0.3 is 0 Å². The molecule has 0 bridgehead atoms. The van der Waals surface area contributed by atoms with Crippen molar-refractivity contribution in [2.75, 3.05) is 18.4 Å². The van der Waals surface area contributed by atoms with Crippen LogP contribution in [-0.2, 0) is 4.79 Å². The molecule has 5 heteroatoms. The minimum atomic E-state index is -0.383. The van der Waals surface area contributed by atoms with E-state index in [4.69, 9.17) is 0 Å². The van der Waals surface area contributed by atoms with Gasteiger partial charge in [-0.05, 0) is 36.1 Å². The number of nitrogens with one attached hydrogen (secondary N) is 1. The minimum Gasteiger partial charge on any atom is -0.376 e. The number of benzene rings is 2. The molecular weight excluding hydrogens is 378 g/mol. The van der Waals surface area contributed by atoms with Gasteiger partial charge in [-0.2, -0.15) is 5.26 Å². The van der Waals surface area contributed by atoms with Crippen LogP contribution in [0, 0.1) is 23.2 Å². The van der Waals surface area contributed by atoms with Gasteiger partial charge in [-0.25, -0.2) is 0 Å². The average Bonchev–Trinajstić information content (AvgIpc) is 2.67. The van der Waals surface area contributed by atoms with Crippen LogP contribution < -0.4 is 5.32 Å². The molecule has 0 saturated carbocycles. The van der Waals surface area contributed by atoms with Crippen molar-refractivity contribution < 1.29 is 4.79 Å². The van der Waals surface area contributed by atoms with Crippen molar-refractivity contribution in [1.82, 2.24) is 4.90 Å². The highest BCUT2D eigenvalue weighted by Gasteiger charge is 2.15. The van der Waals surface area contributed by atoms with Crippen LogP contribution in [0.5, 0.6) is 0 Å². The van der Waals surface area contributed by atoms with E-state index >= 15 is 0 Å². The summed E-state index contributed by atoms with van der Waals surface area (Å²) in [5, 5.41) is 12.5. The molecule has 0 saturated heterocycles. The van der Waals surface area contributed by atoms with Gasteiger partial charge < -0.3 is 10.2 Å². The third-order valence-corrected chi connectivity index (χ3v) is 5.07. The van der Waals surface area contributed by atoms with Gasteiger partial charge in [0.05, 0.1) is 5.69 Å². The molecule has 2 rings (SSSR count). The van der Waals surface area contributed by atoms with Gasteiger partial charge in [0.2, 0.25) is 0 Å². The second-order valence-electron chi connectivity index (χ2n) is 7.76.